The molecule has 3 aromatic heterocycles. The Hall–Kier alpha value is -6.52. The molecule has 0 bridgehead atoms. The predicted molar refractivity (Wildman–Crippen MR) is 212 cm³/mol. The first-order chi connectivity index (χ1) is 24.9. The molecule has 11 aromatic rings. The van der Waals surface area contributed by atoms with Crippen LogP contribution in [0.1, 0.15) is 0 Å². The van der Waals surface area contributed by atoms with Crippen LogP contribution in [0.2, 0.25) is 0 Å². The van der Waals surface area contributed by atoms with Gasteiger partial charge >= 0.3 is 0 Å². The average molecular weight is 632 g/mol. The van der Waals surface area contributed by atoms with Crippen LogP contribution in [0.3, 0.4) is 0 Å². The SMILES string of the molecule is c1ccc(-n2c3ccccc3c3cc4c5c(c6ccccc6n5-c5cccc6c5B4c4cc5ccccc5c5c7ccccc7n-6c45)c32)cc1. The fourth-order valence-corrected chi connectivity index (χ4v) is 10.00. The first-order valence-electron chi connectivity index (χ1n) is 17.5. The maximum atomic E-state index is 2.58. The second kappa shape index (κ2) is 8.74. The maximum Gasteiger partial charge on any atom is 0.252 e. The number of fused-ring (bicyclic) bond motifs is 16. The molecule has 228 valence electrons. The van der Waals surface area contributed by atoms with Crippen LogP contribution in [-0.4, -0.2) is 20.4 Å². The molecule has 0 N–H and O–H groups in total. The Kier molecular flexibility index (Phi) is 4.45. The monoisotopic (exact) mass is 631 g/mol. The minimum atomic E-state index is 0.0765. The lowest BCUT2D eigenvalue weighted by molar-refractivity contribution is 1.14. The van der Waals surface area contributed by atoms with Crippen LogP contribution in [0.5, 0.6) is 0 Å². The van der Waals surface area contributed by atoms with E-state index in [-0.39, 0.29) is 6.71 Å². The molecule has 0 aliphatic carbocycles. The van der Waals surface area contributed by atoms with E-state index in [0.29, 0.717) is 0 Å². The van der Waals surface area contributed by atoms with Crippen molar-refractivity contribution in [3.8, 4) is 17.1 Å². The minimum absolute atomic E-state index is 0.0765. The molecule has 0 atom stereocenters. The molecule has 0 unspecified atom stereocenters. The Morgan fingerprint density at radius 2 is 0.900 bits per heavy atom. The summed E-state index contributed by atoms with van der Waals surface area (Å²) in [6.45, 7) is 0.0765. The van der Waals surface area contributed by atoms with Gasteiger partial charge in [0.05, 0.1) is 33.1 Å². The van der Waals surface area contributed by atoms with Gasteiger partial charge in [0, 0.05) is 49.4 Å². The van der Waals surface area contributed by atoms with Crippen molar-refractivity contribution >= 4 is 99.3 Å². The predicted octanol–water partition coefficient (Wildman–Crippen LogP) is 9.27. The first kappa shape index (κ1) is 25.5. The van der Waals surface area contributed by atoms with Crippen LogP contribution < -0.4 is 16.4 Å². The Labute approximate surface area is 286 Å². The topological polar surface area (TPSA) is 14.8 Å². The summed E-state index contributed by atoms with van der Waals surface area (Å²) in [6.07, 6.45) is 0. The fourth-order valence-electron chi connectivity index (χ4n) is 10.00. The first-order valence-corrected chi connectivity index (χ1v) is 17.5. The van der Waals surface area contributed by atoms with Crippen molar-refractivity contribution in [1.29, 1.82) is 0 Å². The molecule has 0 saturated carbocycles. The third kappa shape index (κ3) is 2.81. The summed E-state index contributed by atoms with van der Waals surface area (Å²) in [5.74, 6) is 0. The smallest absolute Gasteiger partial charge is 0.252 e. The highest BCUT2D eigenvalue weighted by Gasteiger charge is 2.42. The van der Waals surface area contributed by atoms with Crippen molar-refractivity contribution in [3.63, 3.8) is 0 Å². The molecule has 5 heterocycles. The highest BCUT2D eigenvalue weighted by atomic mass is 15.0. The van der Waals surface area contributed by atoms with Gasteiger partial charge in [0.1, 0.15) is 0 Å². The van der Waals surface area contributed by atoms with Gasteiger partial charge in [-0.2, -0.15) is 0 Å². The normalized spacial score (nSPS) is 13.2. The highest BCUT2D eigenvalue weighted by Crippen LogP contribution is 2.44. The van der Waals surface area contributed by atoms with Gasteiger partial charge in [-0.1, -0.05) is 115 Å². The molecule has 0 spiro atoms. The van der Waals surface area contributed by atoms with Gasteiger partial charge in [-0.05, 0) is 69.6 Å². The van der Waals surface area contributed by atoms with Crippen molar-refractivity contribution < 1.29 is 0 Å². The fraction of sp³-hybridized carbons (Fsp3) is 0. The Bertz CT molecular complexity index is 3320. The van der Waals surface area contributed by atoms with Crippen LogP contribution in [0.15, 0.2) is 158 Å². The molecule has 0 saturated heterocycles. The number of para-hydroxylation sites is 4. The summed E-state index contributed by atoms with van der Waals surface area (Å²) >= 11 is 0. The van der Waals surface area contributed by atoms with Gasteiger partial charge in [-0.25, -0.2) is 0 Å². The lowest BCUT2D eigenvalue weighted by Gasteiger charge is -2.34. The third-order valence-electron chi connectivity index (χ3n) is 11.8. The molecule has 8 aromatic carbocycles. The lowest BCUT2D eigenvalue weighted by atomic mass is 9.34. The molecule has 3 nitrogen and oxygen atoms in total. The van der Waals surface area contributed by atoms with Crippen LogP contribution in [0.25, 0.3) is 93.3 Å². The zero-order chi connectivity index (χ0) is 32.2. The van der Waals surface area contributed by atoms with E-state index in [2.05, 4.69) is 171 Å². The quantitative estimate of drug-likeness (QED) is 0.161. The maximum absolute atomic E-state index is 2.58. The van der Waals surface area contributed by atoms with Gasteiger partial charge in [0.15, 0.2) is 0 Å². The van der Waals surface area contributed by atoms with Crippen molar-refractivity contribution in [2.45, 2.75) is 0 Å². The van der Waals surface area contributed by atoms with E-state index in [1.165, 1.54) is 110 Å². The zero-order valence-corrected chi connectivity index (χ0v) is 26.9. The number of nitrogens with zero attached hydrogens (tertiary/aromatic N) is 3. The average Bonchev–Trinajstić information content (AvgIpc) is 3.82. The summed E-state index contributed by atoms with van der Waals surface area (Å²) in [7, 11) is 0. The van der Waals surface area contributed by atoms with Crippen molar-refractivity contribution in [1.82, 2.24) is 13.7 Å². The van der Waals surface area contributed by atoms with Gasteiger partial charge in [0.2, 0.25) is 0 Å². The molecule has 0 amide bonds. The van der Waals surface area contributed by atoms with E-state index in [4.69, 9.17) is 0 Å². The van der Waals surface area contributed by atoms with E-state index < -0.39 is 0 Å². The largest absolute Gasteiger partial charge is 0.310 e. The van der Waals surface area contributed by atoms with Crippen LogP contribution in [0, 0.1) is 0 Å². The molecule has 2 aliphatic rings. The molecule has 50 heavy (non-hydrogen) atoms. The van der Waals surface area contributed by atoms with Gasteiger partial charge < -0.3 is 13.7 Å². The standard InChI is InChI=1S/C46H26BN3/c1-2-14-28(15-3-1)48-36-20-9-6-17-30(36)33-26-35-46-42(44(33)48)32-19-8-11-22-38(32)50(46)40-24-12-23-39-43(40)47(35)34-25-27-13-4-5-16-29(27)41-31-18-7-10-21-37(31)49(39)45(34)41/h1-26H. The third-order valence-corrected chi connectivity index (χ3v) is 11.8. The molecule has 2 aliphatic heterocycles. The zero-order valence-electron chi connectivity index (χ0n) is 26.9. The van der Waals surface area contributed by atoms with Gasteiger partial charge in [0.25, 0.3) is 6.71 Å². The van der Waals surface area contributed by atoms with E-state index >= 15 is 0 Å². The Morgan fingerprint density at radius 3 is 1.62 bits per heavy atom. The number of rotatable bonds is 1. The summed E-state index contributed by atoms with van der Waals surface area (Å²) < 4.78 is 7.64. The number of hydrogen-bond donors (Lipinski definition) is 0. The molecule has 4 heteroatoms. The summed E-state index contributed by atoms with van der Waals surface area (Å²) in [4.78, 5) is 0. The van der Waals surface area contributed by atoms with Crippen molar-refractivity contribution in [3.05, 3.63) is 158 Å². The lowest BCUT2D eigenvalue weighted by Crippen LogP contribution is -2.59. The number of aromatic nitrogens is 3. The van der Waals surface area contributed by atoms with Crippen molar-refractivity contribution in [2.24, 2.45) is 0 Å². The second-order valence-corrected chi connectivity index (χ2v) is 14.0. The van der Waals surface area contributed by atoms with Crippen LogP contribution >= 0.6 is 0 Å². The molecular weight excluding hydrogens is 605 g/mol. The molecule has 0 fully saturated rings. The van der Waals surface area contributed by atoms with E-state index in [1.807, 2.05) is 0 Å². The van der Waals surface area contributed by atoms with E-state index in [0.717, 1.165) is 0 Å². The number of hydrogen-bond acceptors (Lipinski definition) is 0. The van der Waals surface area contributed by atoms with E-state index in [1.54, 1.807) is 0 Å². The minimum Gasteiger partial charge on any atom is -0.310 e. The van der Waals surface area contributed by atoms with Crippen molar-refractivity contribution in [2.75, 3.05) is 0 Å². The summed E-state index contributed by atoms with van der Waals surface area (Å²) in [5, 5.41) is 10.5. The van der Waals surface area contributed by atoms with Crippen LogP contribution in [0.4, 0.5) is 0 Å². The highest BCUT2D eigenvalue weighted by molar-refractivity contribution is 7.00. The van der Waals surface area contributed by atoms with Gasteiger partial charge in [-0.15, -0.1) is 0 Å². The number of benzene rings is 8. The van der Waals surface area contributed by atoms with E-state index in [9.17, 15) is 0 Å². The molecular formula is C46H26BN3. The molecule has 13 rings (SSSR count). The summed E-state index contributed by atoms with van der Waals surface area (Å²) in [5.41, 5.74) is 15.6. The molecule has 0 radical (unpaired) electrons. The van der Waals surface area contributed by atoms with Crippen LogP contribution in [-0.2, 0) is 0 Å². The Balaban J connectivity index is 1.31. The van der Waals surface area contributed by atoms with Gasteiger partial charge in [-0.3, -0.25) is 0 Å². The Morgan fingerprint density at radius 1 is 0.360 bits per heavy atom. The second-order valence-electron chi connectivity index (χ2n) is 14.0. The summed E-state index contributed by atoms with van der Waals surface area (Å²) in [6, 6.07) is 58.9.